The molecule has 0 unspecified atom stereocenters. The molecule has 0 saturated heterocycles. The zero-order valence-corrected chi connectivity index (χ0v) is 8.47. The highest BCUT2D eigenvalue weighted by molar-refractivity contribution is 4.75. The van der Waals surface area contributed by atoms with E-state index in [1.54, 1.807) is 0 Å². The minimum atomic E-state index is 0.155. The molecule has 72 valence electrons. The second-order valence-corrected chi connectivity index (χ2v) is 5.03. The molecule has 0 amide bonds. The lowest BCUT2D eigenvalue weighted by Crippen LogP contribution is -2.22. The Hall–Kier alpha value is -0.0400. The van der Waals surface area contributed by atoms with Gasteiger partial charge in [0, 0.05) is 6.61 Å². The molecule has 0 radical (unpaired) electrons. The zero-order chi connectivity index (χ0) is 9.03. The highest BCUT2D eigenvalue weighted by Gasteiger charge is 2.23. The molecule has 0 aliphatic heterocycles. The van der Waals surface area contributed by atoms with E-state index in [0.29, 0.717) is 6.61 Å². The molecule has 1 fully saturated rings. The Morgan fingerprint density at radius 2 is 1.75 bits per heavy atom. The van der Waals surface area contributed by atoms with Crippen LogP contribution in [0.1, 0.15) is 52.4 Å². The topological polar surface area (TPSA) is 20.2 Å². The number of rotatable bonds is 3. The second kappa shape index (κ2) is 4.27. The van der Waals surface area contributed by atoms with Crippen LogP contribution < -0.4 is 0 Å². The van der Waals surface area contributed by atoms with Gasteiger partial charge in [-0.1, -0.05) is 46.0 Å². The fourth-order valence-corrected chi connectivity index (χ4v) is 2.24. The van der Waals surface area contributed by atoms with Crippen molar-refractivity contribution in [3.8, 4) is 0 Å². The molecular weight excluding hydrogens is 148 g/mol. The van der Waals surface area contributed by atoms with Gasteiger partial charge in [-0.15, -0.1) is 0 Å². The molecule has 0 aromatic heterocycles. The molecule has 0 heterocycles. The van der Waals surface area contributed by atoms with Crippen LogP contribution in [0, 0.1) is 11.3 Å². The van der Waals surface area contributed by atoms with Gasteiger partial charge in [0.2, 0.25) is 0 Å². The van der Waals surface area contributed by atoms with Crippen molar-refractivity contribution in [1.29, 1.82) is 0 Å². The molecule has 0 spiro atoms. The first-order chi connectivity index (χ1) is 5.64. The summed E-state index contributed by atoms with van der Waals surface area (Å²) in [5.74, 6) is 0.890. The normalized spacial score (nSPS) is 21.2. The van der Waals surface area contributed by atoms with Crippen LogP contribution in [0.15, 0.2) is 0 Å². The molecule has 1 saturated carbocycles. The highest BCUT2D eigenvalue weighted by atomic mass is 16.3. The summed E-state index contributed by atoms with van der Waals surface area (Å²) in [7, 11) is 0. The monoisotopic (exact) mass is 170 g/mol. The first kappa shape index (κ1) is 10.0. The van der Waals surface area contributed by atoms with Crippen LogP contribution in [0.4, 0.5) is 0 Å². The Morgan fingerprint density at radius 1 is 1.17 bits per heavy atom. The van der Waals surface area contributed by atoms with E-state index < -0.39 is 0 Å². The Bertz CT molecular complexity index is 123. The van der Waals surface area contributed by atoms with Gasteiger partial charge >= 0.3 is 0 Å². The van der Waals surface area contributed by atoms with E-state index in [2.05, 4.69) is 13.8 Å². The third kappa shape index (κ3) is 3.14. The Labute approximate surface area is 76.2 Å². The first-order valence-corrected chi connectivity index (χ1v) is 5.25. The molecule has 1 aliphatic rings. The molecule has 0 bridgehead atoms. The zero-order valence-electron chi connectivity index (χ0n) is 8.47. The Morgan fingerprint density at radius 3 is 2.25 bits per heavy atom. The lowest BCUT2D eigenvalue weighted by atomic mass is 9.77. The summed E-state index contributed by atoms with van der Waals surface area (Å²) in [6.45, 7) is 4.67. The van der Waals surface area contributed by atoms with Crippen molar-refractivity contribution < 1.29 is 5.11 Å². The third-order valence-corrected chi connectivity index (χ3v) is 2.99. The van der Waals surface area contributed by atoms with Crippen LogP contribution in [0.2, 0.25) is 0 Å². The van der Waals surface area contributed by atoms with Crippen molar-refractivity contribution in [1.82, 2.24) is 0 Å². The van der Waals surface area contributed by atoms with Crippen LogP contribution in [0.25, 0.3) is 0 Å². The molecule has 1 N–H and O–H groups in total. The number of aliphatic hydroxyl groups is 1. The summed E-state index contributed by atoms with van der Waals surface area (Å²) in [6, 6.07) is 0. The highest BCUT2D eigenvalue weighted by Crippen LogP contribution is 2.33. The molecule has 1 heteroatoms. The van der Waals surface area contributed by atoms with Gasteiger partial charge in [0.15, 0.2) is 0 Å². The lowest BCUT2D eigenvalue weighted by Gasteiger charge is -2.30. The quantitative estimate of drug-likeness (QED) is 0.690. The van der Waals surface area contributed by atoms with E-state index in [9.17, 15) is 0 Å². The molecule has 0 aromatic rings. The minimum absolute atomic E-state index is 0.155. The number of aliphatic hydroxyl groups excluding tert-OH is 1. The van der Waals surface area contributed by atoms with Gasteiger partial charge in [-0.25, -0.2) is 0 Å². The van der Waals surface area contributed by atoms with E-state index in [1.807, 2.05) is 0 Å². The van der Waals surface area contributed by atoms with Gasteiger partial charge in [-0.3, -0.25) is 0 Å². The van der Waals surface area contributed by atoms with Gasteiger partial charge < -0.3 is 5.11 Å². The van der Waals surface area contributed by atoms with Gasteiger partial charge in [0.1, 0.15) is 0 Å². The lowest BCUT2D eigenvalue weighted by molar-refractivity contribution is 0.119. The number of hydrogen-bond donors (Lipinski definition) is 1. The average molecular weight is 170 g/mol. The van der Waals surface area contributed by atoms with Crippen molar-refractivity contribution in [2.75, 3.05) is 6.61 Å². The van der Waals surface area contributed by atoms with Crippen LogP contribution in [-0.4, -0.2) is 11.7 Å². The fraction of sp³-hybridized carbons (Fsp3) is 1.00. The Kier molecular flexibility index (Phi) is 3.57. The third-order valence-electron chi connectivity index (χ3n) is 2.99. The van der Waals surface area contributed by atoms with E-state index in [4.69, 9.17) is 5.11 Å². The standard InChI is InChI=1S/C11H22O/c1-11(2,9-12)8-10-6-4-3-5-7-10/h10,12H,3-9H2,1-2H3. The maximum absolute atomic E-state index is 9.12. The molecular formula is C11H22O. The second-order valence-electron chi connectivity index (χ2n) is 5.03. The van der Waals surface area contributed by atoms with Crippen molar-refractivity contribution in [3.63, 3.8) is 0 Å². The molecule has 1 nitrogen and oxygen atoms in total. The van der Waals surface area contributed by atoms with Gasteiger partial charge in [-0.2, -0.15) is 0 Å². The largest absolute Gasteiger partial charge is 0.396 e. The van der Waals surface area contributed by atoms with E-state index in [0.717, 1.165) is 5.92 Å². The van der Waals surface area contributed by atoms with Crippen LogP contribution in [-0.2, 0) is 0 Å². The van der Waals surface area contributed by atoms with Crippen molar-refractivity contribution in [2.24, 2.45) is 11.3 Å². The minimum Gasteiger partial charge on any atom is -0.396 e. The summed E-state index contributed by atoms with van der Waals surface area (Å²) in [6.07, 6.45) is 8.24. The SMILES string of the molecule is CC(C)(CO)CC1CCCCC1. The summed E-state index contributed by atoms with van der Waals surface area (Å²) < 4.78 is 0. The summed E-state index contributed by atoms with van der Waals surface area (Å²) in [5.41, 5.74) is 0.155. The van der Waals surface area contributed by atoms with E-state index in [-0.39, 0.29) is 5.41 Å². The van der Waals surface area contributed by atoms with Gasteiger partial charge in [0.05, 0.1) is 0 Å². The predicted molar refractivity (Wildman–Crippen MR) is 52.1 cm³/mol. The van der Waals surface area contributed by atoms with Crippen LogP contribution in [0.3, 0.4) is 0 Å². The maximum atomic E-state index is 9.12. The molecule has 1 aliphatic carbocycles. The molecule has 12 heavy (non-hydrogen) atoms. The Balaban J connectivity index is 2.28. The van der Waals surface area contributed by atoms with Crippen molar-refractivity contribution in [2.45, 2.75) is 52.4 Å². The van der Waals surface area contributed by atoms with Crippen LogP contribution >= 0.6 is 0 Å². The van der Waals surface area contributed by atoms with Crippen LogP contribution in [0.5, 0.6) is 0 Å². The number of hydrogen-bond acceptors (Lipinski definition) is 1. The average Bonchev–Trinajstić information content (AvgIpc) is 2.06. The van der Waals surface area contributed by atoms with Crippen molar-refractivity contribution >= 4 is 0 Å². The van der Waals surface area contributed by atoms with E-state index in [1.165, 1.54) is 38.5 Å². The predicted octanol–water partition coefficient (Wildman–Crippen LogP) is 2.98. The smallest absolute Gasteiger partial charge is 0.0482 e. The fourth-order valence-electron chi connectivity index (χ4n) is 2.24. The van der Waals surface area contributed by atoms with E-state index >= 15 is 0 Å². The summed E-state index contributed by atoms with van der Waals surface area (Å²) >= 11 is 0. The summed E-state index contributed by atoms with van der Waals surface area (Å²) in [4.78, 5) is 0. The van der Waals surface area contributed by atoms with Gasteiger partial charge in [0.25, 0.3) is 0 Å². The molecule has 0 aromatic carbocycles. The summed E-state index contributed by atoms with van der Waals surface area (Å²) in [5, 5.41) is 9.12. The van der Waals surface area contributed by atoms with Crippen molar-refractivity contribution in [3.05, 3.63) is 0 Å². The maximum Gasteiger partial charge on any atom is 0.0482 e. The molecule has 1 rings (SSSR count). The molecule has 0 atom stereocenters. The van der Waals surface area contributed by atoms with Gasteiger partial charge in [-0.05, 0) is 17.8 Å². The first-order valence-electron chi connectivity index (χ1n) is 5.25.